The summed E-state index contributed by atoms with van der Waals surface area (Å²) in [5, 5.41) is 9.25. The maximum Gasteiger partial charge on any atom is 0.387 e. The van der Waals surface area contributed by atoms with Gasteiger partial charge in [0.1, 0.15) is 5.75 Å². The molecular formula is C17H26ClF2IN4O2. The van der Waals surface area contributed by atoms with Crippen molar-refractivity contribution < 1.29 is 18.3 Å². The van der Waals surface area contributed by atoms with Crippen molar-refractivity contribution in [1.82, 2.24) is 16.0 Å². The number of nitrogens with zero attached hydrogens (tertiary/aromatic N) is 1. The second kappa shape index (κ2) is 13.8. The zero-order valence-electron chi connectivity index (χ0n) is 15.5. The lowest BCUT2D eigenvalue weighted by Crippen LogP contribution is -2.40. The highest BCUT2D eigenvalue weighted by molar-refractivity contribution is 14.0. The van der Waals surface area contributed by atoms with E-state index in [-0.39, 0.29) is 48.2 Å². The molecule has 3 N–H and O–H groups in total. The van der Waals surface area contributed by atoms with Crippen molar-refractivity contribution >= 4 is 47.4 Å². The molecule has 1 amide bonds. The van der Waals surface area contributed by atoms with Crippen LogP contribution in [0.25, 0.3) is 0 Å². The largest absolute Gasteiger partial charge is 0.434 e. The van der Waals surface area contributed by atoms with Gasteiger partial charge in [0, 0.05) is 36.1 Å². The fraction of sp³-hybridized carbons (Fsp3) is 0.529. The van der Waals surface area contributed by atoms with Crippen LogP contribution >= 0.6 is 35.6 Å². The molecule has 0 aliphatic carbocycles. The van der Waals surface area contributed by atoms with E-state index in [0.29, 0.717) is 36.1 Å². The van der Waals surface area contributed by atoms with Crippen LogP contribution in [0.4, 0.5) is 8.78 Å². The summed E-state index contributed by atoms with van der Waals surface area (Å²) in [5.41, 5.74) is 0.438. The van der Waals surface area contributed by atoms with E-state index in [9.17, 15) is 13.6 Å². The molecule has 0 saturated heterocycles. The number of hydrogen-bond acceptors (Lipinski definition) is 3. The molecule has 10 heteroatoms. The van der Waals surface area contributed by atoms with Crippen LogP contribution < -0.4 is 20.7 Å². The van der Waals surface area contributed by atoms with Gasteiger partial charge in [-0.2, -0.15) is 8.78 Å². The van der Waals surface area contributed by atoms with Crippen LogP contribution in [-0.4, -0.2) is 37.6 Å². The highest BCUT2D eigenvalue weighted by Crippen LogP contribution is 2.25. The number of halogens is 4. The molecule has 0 heterocycles. The average molecular weight is 519 g/mol. The molecular weight excluding hydrogens is 493 g/mol. The smallest absolute Gasteiger partial charge is 0.387 e. The summed E-state index contributed by atoms with van der Waals surface area (Å²) in [6.07, 6.45) is 0.291. The van der Waals surface area contributed by atoms with Crippen molar-refractivity contribution in [1.29, 1.82) is 0 Å². The Hall–Kier alpha value is -1.36. The molecule has 0 spiro atoms. The molecule has 0 saturated carbocycles. The molecule has 27 heavy (non-hydrogen) atoms. The van der Waals surface area contributed by atoms with Crippen LogP contribution in [0, 0.1) is 0 Å². The van der Waals surface area contributed by atoms with Gasteiger partial charge in [-0.15, -0.1) is 24.0 Å². The predicted octanol–water partition coefficient (Wildman–Crippen LogP) is 3.53. The molecule has 1 aromatic carbocycles. The second-order valence-corrected chi connectivity index (χ2v) is 6.16. The number of carbonyl (C=O) groups is 1. The Morgan fingerprint density at radius 2 is 2.00 bits per heavy atom. The number of aliphatic imine (C=N–C) groups is 1. The van der Waals surface area contributed by atoms with Crippen molar-refractivity contribution in [2.45, 2.75) is 46.4 Å². The molecule has 1 rings (SSSR count). The Labute approximate surface area is 180 Å². The quantitative estimate of drug-likeness (QED) is 0.266. The van der Waals surface area contributed by atoms with Crippen LogP contribution in [0.5, 0.6) is 5.75 Å². The standard InChI is InChI=1S/C17H25ClF2N4O2.HI/c1-4-21-17(22-8-7-15(25)24-11(2)3)23-10-12-9-13(18)5-6-14(12)26-16(19)20;/h5-6,9,11,16H,4,7-8,10H2,1-3H3,(H,24,25)(H2,21,22,23);1H. The van der Waals surface area contributed by atoms with Gasteiger partial charge in [0.25, 0.3) is 0 Å². The van der Waals surface area contributed by atoms with Gasteiger partial charge in [0.05, 0.1) is 6.54 Å². The molecule has 0 fully saturated rings. The van der Waals surface area contributed by atoms with Crippen molar-refractivity contribution in [3.05, 3.63) is 28.8 Å². The monoisotopic (exact) mass is 518 g/mol. The maximum absolute atomic E-state index is 12.5. The van der Waals surface area contributed by atoms with E-state index in [1.807, 2.05) is 20.8 Å². The lowest BCUT2D eigenvalue weighted by molar-refractivity contribution is -0.121. The number of nitrogens with one attached hydrogen (secondary N) is 3. The zero-order chi connectivity index (χ0) is 19.5. The van der Waals surface area contributed by atoms with E-state index < -0.39 is 6.61 Å². The molecule has 154 valence electrons. The Morgan fingerprint density at radius 3 is 2.59 bits per heavy atom. The van der Waals surface area contributed by atoms with Crippen LogP contribution in [0.2, 0.25) is 5.02 Å². The first kappa shape index (κ1) is 25.6. The molecule has 0 radical (unpaired) electrons. The first-order valence-corrected chi connectivity index (χ1v) is 8.74. The van der Waals surface area contributed by atoms with E-state index in [1.54, 1.807) is 0 Å². The van der Waals surface area contributed by atoms with E-state index >= 15 is 0 Å². The van der Waals surface area contributed by atoms with E-state index in [1.165, 1.54) is 18.2 Å². The number of rotatable bonds is 9. The summed E-state index contributed by atoms with van der Waals surface area (Å²) in [6.45, 7) is 3.84. The highest BCUT2D eigenvalue weighted by Gasteiger charge is 2.10. The van der Waals surface area contributed by atoms with Crippen molar-refractivity contribution in [3.8, 4) is 5.75 Å². The van der Waals surface area contributed by atoms with Crippen LogP contribution in [0.1, 0.15) is 32.8 Å². The Balaban J connectivity index is 0.00000676. The van der Waals surface area contributed by atoms with Crippen LogP contribution in [0.3, 0.4) is 0 Å². The van der Waals surface area contributed by atoms with Crippen LogP contribution in [-0.2, 0) is 11.3 Å². The predicted molar refractivity (Wildman–Crippen MR) is 114 cm³/mol. The number of amides is 1. The Morgan fingerprint density at radius 1 is 1.30 bits per heavy atom. The Bertz CT molecular complexity index is 619. The number of alkyl halides is 2. The lowest BCUT2D eigenvalue weighted by Gasteiger charge is -2.13. The van der Waals surface area contributed by atoms with Gasteiger partial charge in [-0.3, -0.25) is 4.79 Å². The minimum Gasteiger partial charge on any atom is -0.434 e. The van der Waals surface area contributed by atoms with Crippen molar-refractivity contribution in [2.24, 2.45) is 4.99 Å². The molecule has 0 atom stereocenters. The number of ether oxygens (including phenoxy) is 1. The molecule has 0 unspecified atom stereocenters. The van der Waals surface area contributed by atoms with Gasteiger partial charge >= 0.3 is 6.61 Å². The number of benzene rings is 1. The first-order valence-electron chi connectivity index (χ1n) is 8.36. The van der Waals surface area contributed by atoms with E-state index in [0.717, 1.165) is 0 Å². The molecule has 0 aliphatic rings. The molecule has 0 aromatic heterocycles. The zero-order valence-corrected chi connectivity index (χ0v) is 18.6. The molecule has 1 aromatic rings. The van der Waals surface area contributed by atoms with Crippen molar-refractivity contribution in [2.75, 3.05) is 13.1 Å². The topological polar surface area (TPSA) is 74.8 Å². The second-order valence-electron chi connectivity index (χ2n) is 5.72. The SMILES string of the molecule is CCNC(=NCc1cc(Cl)ccc1OC(F)F)NCCC(=O)NC(C)C.I. The van der Waals surface area contributed by atoms with Crippen molar-refractivity contribution in [3.63, 3.8) is 0 Å². The van der Waals surface area contributed by atoms with Gasteiger partial charge in [-0.25, -0.2) is 4.99 Å². The Kier molecular flexibility index (Phi) is 13.1. The highest BCUT2D eigenvalue weighted by atomic mass is 127. The number of guanidine groups is 1. The van der Waals surface area contributed by atoms with Crippen LogP contribution in [0.15, 0.2) is 23.2 Å². The summed E-state index contributed by atoms with van der Waals surface area (Å²) in [4.78, 5) is 16.0. The summed E-state index contributed by atoms with van der Waals surface area (Å²) in [7, 11) is 0. The number of hydrogen-bond donors (Lipinski definition) is 3. The van der Waals surface area contributed by atoms with Gasteiger partial charge in [0.2, 0.25) is 5.91 Å². The van der Waals surface area contributed by atoms with Gasteiger partial charge in [-0.05, 0) is 39.0 Å². The molecule has 6 nitrogen and oxygen atoms in total. The third-order valence-corrected chi connectivity index (χ3v) is 3.32. The summed E-state index contributed by atoms with van der Waals surface area (Å²) in [5.74, 6) is 0.430. The maximum atomic E-state index is 12.5. The summed E-state index contributed by atoms with van der Waals surface area (Å²) in [6, 6.07) is 4.47. The number of carbonyl (C=O) groups excluding carboxylic acids is 1. The lowest BCUT2D eigenvalue weighted by atomic mass is 10.2. The molecule has 0 bridgehead atoms. The van der Waals surface area contributed by atoms with Gasteiger partial charge in [-0.1, -0.05) is 11.6 Å². The summed E-state index contributed by atoms with van der Waals surface area (Å²) < 4.78 is 29.5. The normalized spacial score (nSPS) is 11.2. The van der Waals surface area contributed by atoms with Gasteiger partial charge in [0.15, 0.2) is 5.96 Å². The molecule has 0 aliphatic heterocycles. The van der Waals surface area contributed by atoms with E-state index in [2.05, 4.69) is 25.7 Å². The van der Waals surface area contributed by atoms with E-state index in [4.69, 9.17) is 11.6 Å². The first-order chi connectivity index (χ1) is 12.3. The fourth-order valence-electron chi connectivity index (χ4n) is 2.08. The minimum atomic E-state index is -2.93. The minimum absolute atomic E-state index is 0. The summed E-state index contributed by atoms with van der Waals surface area (Å²) >= 11 is 5.92. The fourth-order valence-corrected chi connectivity index (χ4v) is 2.27. The average Bonchev–Trinajstić information content (AvgIpc) is 2.53. The van der Waals surface area contributed by atoms with Gasteiger partial charge < -0.3 is 20.7 Å². The third kappa shape index (κ3) is 11.2. The third-order valence-electron chi connectivity index (χ3n) is 3.08.